The average Bonchev–Trinajstić information content (AvgIpc) is 3.25. The molecule has 0 bridgehead atoms. The van der Waals surface area contributed by atoms with Crippen LogP contribution in [-0.4, -0.2) is 32.8 Å². The van der Waals surface area contributed by atoms with Crippen molar-refractivity contribution in [1.82, 2.24) is 19.7 Å². The van der Waals surface area contributed by atoms with E-state index in [-0.39, 0.29) is 17.5 Å². The van der Waals surface area contributed by atoms with E-state index >= 15 is 0 Å². The topological polar surface area (TPSA) is 106 Å². The molecule has 0 aliphatic rings. The minimum Gasteiger partial charge on any atom is -0.496 e. The summed E-state index contributed by atoms with van der Waals surface area (Å²) < 4.78 is 21.9. The second-order valence-electron chi connectivity index (χ2n) is 7.34. The summed E-state index contributed by atoms with van der Waals surface area (Å²) in [4.78, 5) is 20.7. The molecule has 4 rings (SSSR count). The molecule has 2 aromatic heterocycles. The van der Waals surface area contributed by atoms with Crippen molar-refractivity contribution in [3.05, 3.63) is 78.5 Å². The number of benzene rings is 2. The molecule has 0 radical (unpaired) electrons. The summed E-state index contributed by atoms with van der Waals surface area (Å²) in [6.07, 6.45) is 6.08. The summed E-state index contributed by atoms with van der Waals surface area (Å²) in [6.45, 7) is 3.42. The molecule has 0 fully saturated rings. The molecule has 1 amide bonds. The van der Waals surface area contributed by atoms with Gasteiger partial charge in [0.15, 0.2) is 0 Å². The van der Waals surface area contributed by atoms with Gasteiger partial charge in [-0.2, -0.15) is 10.1 Å². The van der Waals surface area contributed by atoms with Crippen molar-refractivity contribution >= 4 is 46.3 Å². The molecule has 2 heterocycles. The molecule has 0 spiro atoms. The van der Waals surface area contributed by atoms with Crippen LogP contribution in [0.1, 0.15) is 0 Å². The third-order valence-corrected chi connectivity index (χ3v) is 5.11. The van der Waals surface area contributed by atoms with Crippen LogP contribution in [0.5, 0.6) is 5.75 Å². The molecular weight excluding hydrogens is 473 g/mol. The molecule has 0 saturated carbocycles. The Balaban J connectivity index is 1.79. The Morgan fingerprint density at radius 3 is 2.69 bits per heavy atom. The van der Waals surface area contributed by atoms with Gasteiger partial charge in [-0.25, -0.2) is 9.37 Å². The maximum absolute atomic E-state index is 14.8. The van der Waals surface area contributed by atoms with Gasteiger partial charge in [0.2, 0.25) is 11.9 Å². The fourth-order valence-electron chi connectivity index (χ4n) is 3.26. The quantitative estimate of drug-likeness (QED) is 0.286. The molecule has 0 atom stereocenters. The van der Waals surface area contributed by atoms with Gasteiger partial charge in [0, 0.05) is 41.3 Å². The van der Waals surface area contributed by atoms with Crippen LogP contribution in [0.3, 0.4) is 0 Å². The molecule has 178 valence electrons. The molecule has 0 unspecified atom stereocenters. The van der Waals surface area contributed by atoms with Crippen molar-refractivity contribution in [3.63, 3.8) is 0 Å². The number of anilines is 5. The van der Waals surface area contributed by atoms with Gasteiger partial charge >= 0.3 is 0 Å². The van der Waals surface area contributed by atoms with Gasteiger partial charge in [-0.3, -0.25) is 9.48 Å². The number of aryl methyl sites for hydroxylation is 1. The van der Waals surface area contributed by atoms with Crippen molar-refractivity contribution < 1.29 is 13.9 Å². The number of carbonyl (C=O) groups is 1. The predicted octanol–water partition coefficient (Wildman–Crippen LogP) is 5.29. The Kier molecular flexibility index (Phi) is 6.93. The lowest BCUT2D eigenvalue weighted by molar-refractivity contribution is -0.111. The van der Waals surface area contributed by atoms with E-state index in [0.717, 1.165) is 6.08 Å². The predicted molar refractivity (Wildman–Crippen MR) is 134 cm³/mol. The molecule has 2 aromatic carbocycles. The lowest BCUT2D eigenvalue weighted by Gasteiger charge is -2.16. The van der Waals surface area contributed by atoms with Crippen LogP contribution in [0.25, 0.3) is 11.1 Å². The normalized spacial score (nSPS) is 10.5. The SMILES string of the molecule is C=CC(=O)Nc1ccc(F)c(Nc2nc(Nc3cnn(C)c3)ncc2-c2cc(Cl)ccc2OC)c1. The lowest BCUT2D eigenvalue weighted by atomic mass is 10.1. The molecule has 0 saturated heterocycles. The summed E-state index contributed by atoms with van der Waals surface area (Å²) in [7, 11) is 3.32. The minimum atomic E-state index is -0.550. The minimum absolute atomic E-state index is 0.0835. The van der Waals surface area contributed by atoms with Gasteiger partial charge in [-0.1, -0.05) is 18.2 Å². The van der Waals surface area contributed by atoms with E-state index < -0.39 is 11.7 Å². The second kappa shape index (κ2) is 10.2. The number of nitrogens with one attached hydrogen (secondary N) is 3. The lowest BCUT2D eigenvalue weighted by Crippen LogP contribution is -2.08. The van der Waals surface area contributed by atoms with Crippen LogP contribution >= 0.6 is 11.6 Å². The third kappa shape index (κ3) is 5.56. The van der Waals surface area contributed by atoms with Crippen molar-refractivity contribution in [2.45, 2.75) is 0 Å². The third-order valence-electron chi connectivity index (χ3n) is 4.87. The highest BCUT2D eigenvalue weighted by atomic mass is 35.5. The van der Waals surface area contributed by atoms with E-state index in [4.69, 9.17) is 16.3 Å². The highest BCUT2D eigenvalue weighted by Crippen LogP contribution is 2.38. The number of hydrogen-bond donors (Lipinski definition) is 3. The van der Waals surface area contributed by atoms with Gasteiger partial charge in [0.05, 0.1) is 24.7 Å². The summed E-state index contributed by atoms with van der Waals surface area (Å²) in [6, 6.07) is 9.24. The highest BCUT2D eigenvalue weighted by Gasteiger charge is 2.17. The van der Waals surface area contributed by atoms with E-state index in [1.54, 1.807) is 48.5 Å². The van der Waals surface area contributed by atoms with Crippen molar-refractivity contribution in [2.75, 3.05) is 23.1 Å². The first kappa shape index (κ1) is 23.7. The second-order valence-corrected chi connectivity index (χ2v) is 7.78. The molecule has 9 nitrogen and oxygen atoms in total. The van der Waals surface area contributed by atoms with Crippen LogP contribution in [0.15, 0.2) is 67.6 Å². The molecular formula is C24H21ClFN7O2. The fourth-order valence-corrected chi connectivity index (χ4v) is 3.43. The number of nitrogens with zero attached hydrogens (tertiary/aromatic N) is 4. The number of carbonyl (C=O) groups excluding carboxylic acids is 1. The first-order valence-electron chi connectivity index (χ1n) is 10.3. The monoisotopic (exact) mass is 493 g/mol. The Labute approximate surface area is 205 Å². The van der Waals surface area contributed by atoms with E-state index in [2.05, 4.69) is 37.6 Å². The molecule has 3 N–H and O–H groups in total. The van der Waals surface area contributed by atoms with Crippen LogP contribution in [0, 0.1) is 5.82 Å². The molecule has 11 heteroatoms. The smallest absolute Gasteiger partial charge is 0.247 e. The zero-order chi connectivity index (χ0) is 24.9. The molecule has 0 aliphatic carbocycles. The standard InChI is InChI=1S/C24H21ClFN7O2/c1-4-22(34)29-15-6-7-19(26)20(10-15)31-23-18(17-9-14(25)5-8-21(17)35-3)12-27-24(32-23)30-16-11-28-33(2)13-16/h4-13H,1H2,2-3H3,(H,29,34)(H2,27,30,31,32). The molecule has 35 heavy (non-hydrogen) atoms. The number of methoxy groups -OCH3 is 1. The molecule has 0 aliphatic heterocycles. The van der Waals surface area contributed by atoms with E-state index in [1.165, 1.54) is 25.3 Å². The van der Waals surface area contributed by atoms with Gasteiger partial charge in [-0.05, 0) is 42.5 Å². The largest absolute Gasteiger partial charge is 0.496 e. The van der Waals surface area contributed by atoms with E-state index in [9.17, 15) is 9.18 Å². The van der Waals surface area contributed by atoms with Gasteiger partial charge in [0.25, 0.3) is 0 Å². The number of halogens is 2. The summed E-state index contributed by atoms with van der Waals surface area (Å²) in [5, 5.41) is 13.3. The van der Waals surface area contributed by atoms with Crippen molar-refractivity contribution in [3.8, 4) is 16.9 Å². The zero-order valence-corrected chi connectivity index (χ0v) is 19.6. The van der Waals surface area contributed by atoms with Crippen molar-refractivity contribution in [1.29, 1.82) is 0 Å². The first-order chi connectivity index (χ1) is 16.9. The molecule has 4 aromatic rings. The summed E-state index contributed by atoms with van der Waals surface area (Å²) in [5.41, 5.74) is 2.25. The van der Waals surface area contributed by atoms with Crippen LogP contribution < -0.4 is 20.7 Å². The van der Waals surface area contributed by atoms with Crippen molar-refractivity contribution in [2.24, 2.45) is 7.05 Å². The number of amides is 1. The first-order valence-corrected chi connectivity index (χ1v) is 10.7. The fraction of sp³-hybridized carbons (Fsp3) is 0.0833. The highest BCUT2D eigenvalue weighted by molar-refractivity contribution is 6.31. The Morgan fingerprint density at radius 1 is 1.14 bits per heavy atom. The summed E-state index contributed by atoms with van der Waals surface area (Å²) >= 11 is 6.24. The van der Waals surface area contributed by atoms with Crippen LogP contribution in [-0.2, 0) is 11.8 Å². The van der Waals surface area contributed by atoms with E-state index in [1.807, 2.05) is 0 Å². The Hall–Kier alpha value is -4.44. The van der Waals surface area contributed by atoms with Crippen LogP contribution in [0.2, 0.25) is 5.02 Å². The van der Waals surface area contributed by atoms with Crippen LogP contribution in [0.4, 0.5) is 33.2 Å². The maximum Gasteiger partial charge on any atom is 0.247 e. The zero-order valence-electron chi connectivity index (χ0n) is 18.8. The number of hydrogen-bond acceptors (Lipinski definition) is 7. The Bertz CT molecular complexity index is 1410. The number of ether oxygens (including phenoxy) is 1. The van der Waals surface area contributed by atoms with Gasteiger partial charge < -0.3 is 20.7 Å². The van der Waals surface area contributed by atoms with Gasteiger partial charge in [0.1, 0.15) is 17.4 Å². The van der Waals surface area contributed by atoms with E-state index in [0.29, 0.717) is 33.3 Å². The average molecular weight is 494 g/mol. The summed E-state index contributed by atoms with van der Waals surface area (Å²) in [5.74, 6) is 0.0872. The van der Waals surface area contributed by atoms with Gasteiger partial charge in [-0.15, -0.1) is 0 Å². The maximum atomic E-state index is 14.8. The Morgan fingerprint density at radius 2 is 1.97 bits per heavy atom. The number of rotatable bonds is 8. The number of aromatic nitrogens is 4.